The van der Waals surface area contributed by atoms with Gasteiger partial charge in [0, 0.05) is 19.0 Å². The van der Waals surface area contributed by atoms with Gasteiger partial charge in [0.2, 0.25) is 5.91 Å². The highest BCUT2D eigenvalue weighted by Crippen LogP contribution is 2.18. The maximum atomic E-state index is 11.4. The number of amides is 1. The van der Waals surface area contributed by atoms with Gasteiger partial charge in [-0.1, -0.05) is 0 Å². The lowest BCUT2D eigenvalue weighted by Crippen LogP contribution is -2.10. The fourth-order valence-corrected chi connectivity index (χ4v) is 1.29. The summed E-state index contributed by atoms with van der Waals surface area (Å²) < 4.78 is 0. The molecule has 1 amide bonds. The Bertz CT molecular complexity index is 374. The second-order valence-electron chi connectivity index (χ2n) is 2.87. The first-order valence-corrected chi connectivity index (χ1v) is 4.05. The van der Waals surface area contributed by atoms with Crippen molar-refractivity contribution in [2.24, 2.45) is 0 Å². The van der Waals surface area contributed by atoms with Gasteiger partial charge < -0.3 is 5.32 Å². The largest absolute Gasteiger partial charge is 0.310 e. The van der Waals surface area contributed by atoms with Crippen LogP contribution >= 0.6 is 0 Å². The lowest BCUT2D eigenvalue weighted by molar-refractivity contribution is -0.116. The monoisotopic (exact) mass is 176 g/mol. The van der Waals surface area contributed by atoms with E-state index < -0.39 is 0 Å². The molecule has 0 aliphatic carbocycles. The van der Waals surface area contributed by atoms with Gasteiger partial charge in [0.15, 0.2) is 5.78 Å². The average Bonchev–Trinajstić information content (AvgIpc) is 2.27. The van der Waals surface area contributed by atoms with E-state index >= 15 is 0 Å². The Morgan fingerprint density at radius 1 is 1.31 bits per heavy atom. The van der Waals surface area contributed by atoms with Crippen LogP contribution in [0.5, 0.6) is 0 Å². The molecule has 0 saturated heterocycles. The molecular formula is C9H8N2O2. The van der Waals surface area contributed by atoms with Crippen LogP contribution in [0.25, 0.3) is 0 Å². The van der Waals surface area contributed by atoms with Gasteiger partial charge in [-0.2, -0.15) is 0 Å². The molecule has 13 heavy (non-hydrogen) atoms. The fraction of sp³-hybridized carbons (Fsp3) is 0.222. The first-order valence-electron chi connectivity index (χ1n) is 4.05. The van der Waals surface area contributed by atoms with Crippen LogP contribution in [-0.2, 0) is 4.79 Å². The zero-order chi connectivity index (χ0) is 9.26. The maximum absolute atomic E-state index is 11.4. The van der Waals surface area contributed by atoms with Crippen LogP contribution in [0.15, 0.2) is 18.3 Å². The molecule has 4 nitrogen and oxygen atoms in total. The number of rotatable bonds is 0. The summed E-state index contributed by atoms with van der Waals surface area (Å²) >= 11 is 0. The van der Waals surface area contributed by atoms with Crippen LogP contribution in [0.2, 0.25) is 0 Å². The molecule has 0 bridgehead atoms. The topological polar surface area (TPSA) is 59.1 Å². The second-order valence-corrected chi connectivity index (χ2v) is 2.87. The Morgan fingerprint density at radius 2 is 2.15 bits per heavy atom. The van der Waals surface area contributed by atoms with E-state index in [0.717, 1.165) is 0 Å². The third kappa shape index (κ3) is 1.42. The highest BCUT2D eigenvalue weighted by atomic mass is 16.2. The first kappa shape index (κ1) is 7.91. The van der Waals surface area contributed by atoms with Gasteiger partial charge in [-0.05, 0) is 12.1 Å². The number of Topliss-reactive ketones (excluding diaryl/α,β-unsaturated/α-hetero) is 1. The summed E-state index contributed by atoms with van der Waals surface area (Å²) in [5.74, 6) is 0.210. The van der Waals surface area contributed by atoms with Crippen molar-refractivity contribution < 1.29 is 9.59 Å². The molecule has 4 heteroatoms. The normalized spacial score (nSPS) is 16.0. The van der Waals surface area contributed by atoms with E-state index in [-0.39, 0.29) is 24.5 Å². The molecule has 1 aliphatic rings. The van der Waals surface area contributed by atoms with Crippen molar-refractivity contribution in [2.75, 3.05) is 5.32 Å². The molecular weight excluding hydrogens is 168 g/mol. The molecule has 1 aromatic rings. The Hall–Kier alpha value is -1.71. The number of anilines is 1. The van der Waals surface area contributed by atoms with Crippen molar-refractivity contribution in [1.29, 1.82) is 0 Å². The predicted molar refractivity (Wildman–Crippen MR) is 46.4 cm³/mol. The van der Waals surface area contributed by atoms with Gasteiger partial charge >= 0.3 is 0 Å². The van der Waals surface area contributed by atoms with Crippen molar-refractivity contribution >= 4 is 17.5 Å². The third-order valence-corrected chi connectivity index (χ3v) is 1.95. The van der Waals surface area contributed by atoms with E-state index in [1.807, 2.05) is 0 Å². The number of hydrogen-bond acceptors (Lipinski definition) is 3. The molecule has 2 heterocycles. The van der Waals surface area contributed by atoms with Crippen molar-refractivity contribution in [2.45, 2.75) is 12.8 Å². The van der Waals surface area contributed by atoms with Gasteiger partial charge in [-0.15, -0.1) is 0 Å². The minimum Gasteiger partial charge on any atom is -0.310 e. The lowest BCUT2D eigenvalue weighted by Gasteiger charge is -2.01. The third-order valence-electron chi connectivity index (χ3n) is 1.95. The molecule has 2 rings (SSSR count). The van der Waals surface area contributed by atoms with Crippen molar-refractivity contribution in [3.63, 3.8) is 0 Å². The summed E-state index contributed by atoms with van der Waals surface area (Å²) in [6, 6.07) is 3.37. The van der Waals surface area contributed by atoms with Gasteiger partial charge in [0.05, 0.1) is 5.56 Å². The number of ketones is 1. The van der Waals surface area contributed by atoms with Crippen LogP contribution < -0.4 is 5.32 Å². The number of carbonyl (C=O) groups excluding carboxylic acids is 2. The molecule has 66 valence electrons. The maximum Gasteiger partial charge on any atom is 0.225 e. The van der Waals surface area contributed by atoms with Crippen LogP contribution in [0, 0.1) is 0 Å². The summed E-state index contributed by atoms with van der Waals surface area (Å²) in [6.45, 7) is 0. The summed E-state index contributed by atoms with van der Waals surface area (Å²) in [6.07, 6.45) is 2.07. The Morgan fingerprint density at radius 3 is 3.00 bits per heavy atom. The first-order chi connectivity index (χ1) is 6.27. The summed E-state index contributed by atoms with van der Waals surface area (Å²) in [5, 5.41) is 2.58. The summed E-state index contributed by atoms with van der Waals surface area (Å²) in [4.78, 5) is 26.4. The fourth-order valence-electron chi connectivity index (χ4n) is 1.29. The van der Waals surface area contributed by atoms with E-state index in [4.69, 9.17) is 0 Å². The van der Waals surface area contributed by atoms with Crippen LogP contribution in [-0.4, -0.2) is 16.7 Å². The van der Waals surface area contributed by atoms with E-state index in [2.05, 4.69) is 10.3 Å². The number of nitrogens with zero attached hydrogens (tertiary/aromatic N) is 1. The van der Waals surface area contributed by atoms with Crippen LogP contribution in [0.1, 0.15) is 23.2 Å². The molecule has 1 aliphatic heterocycles. The van der Waals surface area contributed by atoms with Gasteiger partial charge in [-0.3, -0.25) is 9.59 Å². The van der Waals surface area contributed by atoms with Crippen LogP contribution in [0.4, 0.5) is 5.82 Å². The van der Waals surface area contributed by atoms with Gasteiger partial charge in [-0.25, -0.2) is 4.98 Å². The molecule has 1 N–H and O–H groups in total. The van der Waals surface area contributed by atoms with E-state index in [1.165, 1.54) is 0 Å². The number of fused-ring (bicyclic) bond motifs is 1. The molecule has 1 aromatic heterocycles. The number of pyridine rings is 1. The minimum absolute atomic E-state index is 0.0264. The molecule has 0 unspecified atom stereocenters. The minimum atomic E-state index is -0.147. The smallest absolute Gasteiger partial charge is 0.225 e. The molecule has 0 atom stereocenters. The van der Waals surface area contributed by atoms with Crippen molar-refractivity contribution in [3.8, 4) is 0 Å². The number of carbonyl (C=O) groups is 2. The molecule has 0 fully saturated rings. The predicted octanol–water partition coefficient (Wildman–Crippen LogP) is 0.997. The SMILES string of the molecule is O=C1CCC(=O)c2cccnc2N1. The number of hydrogen-bond donors (Lipinski definition) is 1. The number of aromatic nitrogens is 1. The van der Waals surface area contributed by atoms with Crippen molar-refractivity contribution in [1.82, 2.24) is 4.98 Å². The lowest BCUT2D eigenvalue weighted by atomic mass is 10.1. The van der Waals surface area contributed by atoms with Gasteiger partial charge in [0.25, 0.3) is 0 Å². The standard InChI is InChI=1S/C9H8N2O2/c12-7-3-4-8(13)11-9-6(7)2-1-5-10-9/h1-2,5H,3-4H2,(H,10,11,13). The van der Waals surface area contributed by atoms with Crippen LogP contribution in [0.3, 0.4) is 0 Å². The molecule has 0 aromatic carbocycles. The van der Waals surface area contributed by atoms with Crippen molar-refractivity contribution in [3.05, 3.63) is 23.9 Å². The average molecular weight is 176 g/mol. The van der Waals surface area contributed by atoms with E-state index in [1.54, 1.807) is 18.3 Å². The second kappa shape index (κ2) is 2.97. The zero-order valence-corrected chi connectivity index (χ0v) is 6.91. The molecule has 0 saturated carbocycles. The molecule has 0 radical (unpaired) electrons. The van der Waals surface area contributed by atoms with E-state index in [9.17, 15) is 9.59 Å². The van der Waals surface area contributed by atoms with E-state index in [0.29, 0.717) is 11.4 Å². The Balaban J connectivity index is 2.49. The summed E-state index contributed by atoms with van der Waals surface area (Å²) in [7, 11) is 0. The van der Waals surface area contributed by atoms with Gasteiger partial charge in [0.1, 0.15) is 5.82 Å². The quantitative estimate of drug-likeness (QED) is 0.641. The summed E-state index contributed by atoms with van der Waals surface area (Å²) in [5.41, 5.74) is 0.508. The Kier molecular flexibility index (Phi) is 1.81. The zero-order valence-electron chi connectivity index (χ0n) is 6.91. The number of nitrogens with one attached hydrogen (secondary N) is 1. The highest BCUT2D eigenvalue weighted by Gasteiger charge is 2.19. The highest BCUT2D eigenvalue weighted by molar-refractivity contribution is 6.07. The Labute approximate surface area is 75.0 Å². The molecule has 0 spiro atoms.